The van der Waals surface area contributed by atoms with E-state index in [1.54, 1.807) is 6.07 Å². The molecule has 6 heteroatoms. The van der Waals surface area contributed by atoms with Crippen LogP contribution in [0.4, 0.5) is 0 Å². The highest BCUT2D eigenvalue weighted by atomic mass is 16.5. The minimum atomic E-state index is -0.388. The van der Waals surface area contributed by atoms with Crippen LogP contribution in [0.2, 0.25) is 0 Å². The largest absolute Gasteiger partial charge is 0.464 e. The average Bonchev–Trinajstić information content (AvgIpc) is 3.03. The fraction of sp³-hybridized carbons (Fsp3) is 0.500. The highest BCUT2D eigenvalue weighted by molar-refractivity contribution is 5.87. The quantitative estimate of drug-likeness (QED) is 0.857. The molecule has 22 heavy (non-hydrogen) atoms. The van der Waals surface area contributed by atoms with Gasteiger partial charge in [-0.25, -0.2) is 4.79 Å². The van der Waals surface area contributed by atoms with Gasteiger partial charge in [0.05, 0.1) is 7.11 Å². The lowest BCUT2D eigenvalue weighted by molar-refractivity contribution is 0.0594. The van der Waals surface area contributed by atoms with Crippen molar-refractivity contribution in [2.75, 3.05) is 20.2 Å². The second-order valence-corrected chi connectivity index (χ2v) is 6.23. The summed E-state index contributed by atoms with van der Waals surface area (Å²) in [6.07, 6.45) is 4.82. The van der Waals surface area contributed by atoms with Gasteiger partial charge in [-0.1, -0.05) is 0 Å². The van der Waals surface area contributed by atoms with Gasteiger partial charge < -0.3 is 9.30 Å². The van der Waals surface area contributed by atoms with Crippen molar-refractivity contribution < 1.29 is 9.53 Å². The number of methoxy groups -OCH3 is 1. The van der Waals surface area contributed by atoms with Crippen molar-refractivity contribution in [1.29, 1.82) is 0 Å². The summed E-state index contributed by atoms with van der Waals surface area (Å²) in [5, 5.41) is 6.97. The summed E-state index contributed by atoms with van der Waals surface area (Å²) in [6.45, 7) is 3.00. The number of nitrogens with one attached hydrogen (secondary N) is 1. The minimum absolute atomic E-state index is 0.360. The number of hydrogen-bond donors (Lipinski definition) is 1. The van der Waals surface area contributed by atoms with E-state index in [1.165, 1.54) is 25.6 Å². The monoisotopic (exact) mass is 300 g/mol. The van der Waals surface area contributed by atoms with Crippen molar-refractivity contribution in [2.45, 2.75) is 31.3 Å². The van der Waals surface area contributed by atoms with Crippen molar-refractivity contribution in [3.05, 3.63) is 41.5 Å². The first kappa shape index (κ1) is 13.6. The van der Waals surface area contributed by atoms with Gasteiger partial charge in [0, 0.05) is 49.2 Å². The van der Waals surface area contributed by atoms with Gasteiger partial charge in [0.2, 0.25) is 0 Å². The number of aromatic amines is 1. The molecule has 3 heterocycles. The molecule has 1 saturated carbocycles. The normalized spacial score (nSPS) is 19.1. The molecule has 0 radical (unpaired) electrons. The Labute approximate surface area is 129 Å². The molecular weight excluding hydrogens is 280 g/mol. The molecule has 0 spiro atoms. The zero-order chi connectivity index (χ0) is 15.1. The second-order valence-electron chi connectivity index (χ2n) is 6.23. The molecule has 2 fully saturated rings. The third kappa shape index (κ3) is 2.43. The first-order valence-corrected chi connectivity index (χ1v) is 7.76. The average molecular weight is 300 g/mol. The SMILES string of the molecule is COC(=O)c1cc(C2CN(Cc3cccn3C3CC3)C2)[nH]n1. The number of carbonyl (C=O) groups is 1. The zero-order valence-corrected chi connectivity index (χ0v) is 12.7. The van der Waals surface area contributed by atoms with E-state index >= 15 is 0 Å². The van der Waals surface area contributed by atoms with E-state index in [9.17, 15) is 4.79 Å². The maximum Gasteiger partial charge on any atom is 0.358 e. The number of carbonyl (C=O) groups excluding carboxylic acids is 1. The van der Waals surface area contributed by atoms with Crippen molar-refractivity contribution in [3.63, 3.8) is 0 Å². The van der Waals surface area contributed by atoms with Gasteiger partial charge in [0.15, 0.2) is 5.69 Å². The topological polar surface area (TPSA) is 63.1 Å². The van der Waals surface area contributed by atoms with E-state index in [2.05, 4.69) is 42.7 Å². The lowest BCUT2D eigenvalue weighted by Crippen LogP contribution is -2.44. The Bertz CT molecular complexity index is 680. The lowest BCUT2D eigenvalue weighted by Gasteiger charge is -2.38. The van der Waals surface area contributed by atoms with E-state index in [4.69, 9.17) is 0 Å². The zero-order valence-electron chi connectivity index (χ0n) is 12.7. The van der Waals surface area contributed by atoms with Crippen molar-refractivity contribution in [3.8, 4) is 0 Å². The van der Waals surface area contributed by atoms with E-state index in [1.807, 2.05) is 0 Å². The van der Waals surface area contributed by atoms with Crippen LogP contribution in [-0.2, 0) is 11.3 Å². The van der Waals surface area contributed by atoms with Crippen LogP contribution >= 0.6 is 0 Å². The molecule has 116 valence electrons. The second kappa shape index (κ2) is 5.28. The number of likely N-dealkylation sites (tertiary alicyclic amines) is 1. The van der Waals surface area contributed by atoms with Crippen molar-refractivity contribution in [2.24, 2.45) is 0 Å². The number of esters is 1. The van der Waals surface area contributed by atoms with Gasteiger partial charge in [-0.3, -0.25) is 10.00 Å². The number of ether oxygens (including phenoxy) is 1. The van der Waals surface area contributed by atoms with Crippen LogP contribution in [-0.4, -0.2) is 45.8 Å². The highest BCUT2D eigenvalue weighted by Crippen LogP contribution is 2.37. The highest BCUT2D eigenvalue weighted by Gasteiger charge is 2.32. The summed E-state index contributed by atoms with van der Waals surface area (Å²) in [7, 11) is 1.37. The number of hydrogen-bond acceptors (Lipinski definition) is 4. The molecule has 1 N–H and O–H groups in total. The summed E-state index contributed by atoms with van der Waals surface area (Å²) >= 11 is 0. The van der Waals surface area contributed by atoms with Gasteiger partial charge >= 0.3 is 5.97 Å². The van der Waals surface area contributed by atoms with Gasteiger partial charge in [-0.15, -0.1) is 0 Å². The molecule has 4 rings (SSSR count). The summed E-state index contributed by atoms with van der Waals surface area (Å²) in [5.41, 5.74) is 2.79. The fourth-order valence-electron chi connectivity index (χ4n) is 3.15. The molecule has 0 bridgehead atoms. The van der Waals surface area contributed by atoms with E-state index < -0.39 is 0 Å². The Balaban J connectivity index is 1.35. The van der Waals surface area contributed by atoms with Crippen molar-refractivity contribution >= 4 is 5.97 Å². The molecule has 0 atom stereocenters. The van der Waals surface area contributed by atoms with Crippen molar-refractivity contribution in [1.82, 2.24) is 19.7 Å². The van der Waals surface area contributed by atoms with Gasteiger partial charge in [-0.05, 0) is 31.0 Å². The summed E-state index contributed by atoms with van der Waals surface area (Å²) < 4.78 is 7.09. The van der Waals surface area contributed by atoms with Crippen LogP contribution in [0.25, 0.3) is 0 Å². The van der Waals surface area contributed by atoms with Crippen LogP contribution in [0.5, 0.6) is 0 Å². The third-order valence-electron chi connectivity index (χ3n) is 4.58. The lowest BCUT2D eigenvalue weighted by atomic mass is 9.96. The molecule has 0 unspecified atom stereocenters. The molecule has 2 aromatic rings. The Morgan fingerprint density at radius 3 is 3.00 bits per heavy atom. The smallest absolute Gasteiger partial charge is 0.358 e. The maximum atomic E-state index is 11.4. The van der Waals surface area contributed by atoms with Crippen LogP contribution in [0, 0.1) is 0 Å². The standard InChI is InChI=1S/C16H20N4O2/c1-22-16(21)15-7-14(17-18-15)11-8-19(9-11)10-13-3-2-6-20(13)12-4-5-12/h2-3,6-7,11-12H,4-5,8-10H2,1H3,(H,17,18). The van der Waals surface area contributed by atoms with Crippen LogP contribution < -0.4 is 0 Å². The number of H-pyrrole nitrogens is 1. The summed E-state index contributed by atoms with van der Waals surface area (Å²) in [6, 6.07) is 6.90. The predicted octanol–water partition coefficient (Wildman–Crippen LogP) is 1.93. The fourth-order valence-corrected chi connectivity index (χ4v) is 3.15. The first-order valence-electron chi connectivity index (χ1n) is 7.76. The summed E-state index contributed by atoms with van der Waals surface area (Å²) in [4.78, 5) is 13.8. The van der Waals surface area contributed by atoms with Crippen LogP contribution in [0.1, 0.15) is 46.7 Å². The van der Waals surface area contributed by atoms with Crippen LogP contribution in [0.3, 0.4) is 0 Å². The molecule has 0 amide bonds. The first-order chi connectivity index (χ1) is 10.7. The molecule has 0 aromatic carbocycles. The molecule has 1 saturated heterocycles. The van der Waals surface area contributed by atoms with Gasteiger partial charge in [0.1, 0.15) is 0 Å². The predicted molar refractivity (Wildman–Crippen MR) is 80.6 cm³/mol. The van der Waals surface area contributed by atoms with Gasteiger partial charge in [0.25, 0.3) is 0 Å². The Morgan fingerprint density at radius 1 is 1.45 bits per heavy atom. The van der Waals surface area contributed by atoms with E-state index in [0.29, 0.717) is 11.6 Å². The van der Waals surface area contributed by atoms with E-state index in [-0.39, 0.29) is 5.97 Å². The Kier molecular flexibility index (Phi) is 3.26. The molecule has 2 aromatic heterocycles. The molecule has 6 nitrogen and oxygen atoms in total. The van der Waals surface area contributed by atoms with E-state index in [0.717, 1.165) is 31.4 Å². The minimum Gasteiger partial charge on any atom is -0.464 e. The number of nitrogens with zero attached hydrogens (tertiary/aromatic N) is 3. The molecule has 1 aliphatic heterocycles. The van der Waals surface area contributed by atoms with Gasteiger partial charge in [-0.2, -0.15) is 5.10 Å². The molecular formula is C16H20N4O2. The summed E-state index contributed by atoms with van der Waals surface area (Å²) in [5.74, 6) is 0.0381. The Hall–Kier alpha value is -2.08. The number of aromatic nitrogens is 3. The number of rotatable bonds is 5. The third-order valence-corrected chi connectivity index (χ3v) is 4.58. The molecule has 1 aliphatic carbocycles. The maximum absolute atomic E-state index is 11.4. The molecule has 2 aliphatic rings. The Morgan fingerprint density at radius 2 is 2.27 bits per heavy atom. The van der Waals surface area contributed by atoms with Crippen LogP contribution in [0.15, 0.2) is 24.4 Å².